The number of nitrogens with zero attached hydrogens (tertiary/aromatic N) is 3. The van der Waals surface area contributed by atoms with Gasteiger partial charge in [0.1, 0.15) is 5.82 Å². The maximum Gasteiger partial charge on any atom is 0.227 e. The molecule has 0 saturated heterocycles. The van der Waals surface area contributed by atoms with Crippen LogP contribution in [0.5, 0.6) is 0 Å². The molecule has 4 nitrogen and oxygen atoms in total. The van der Waals surface area contributed by atoms with Crippen molar-refractivity contribution in [1.29, 1.82) is 0 Å². The van der Waals surface area contributed by atoms with Gasteiger partial charge in [-0.3, -0.25) is 0 Å². The highest BCUT2D eigenvalue weighted by Crippen LogP contribution is 2.46. The Hall–Kier alpha value is -5.42. The molecular weight excluding hydrogens is 654 g/mol. The predicted octanol–water partition coefficient (Wildman–Crippen LogP) is 11.5. The average Bonchev–Trinajstić information content (AvgIpc) is 3.51. The molecule has 53 heavy (non-hydrogen) atoms. The molecule has 0 aliphatic carbocycles. The molecule has 264 valence electrons. The summed E-state index contributed by atoms with van der Waals surface area (Å²) in [7, 11) is 0. The van der Waals surface area contributed by atoms with E-state index in [0.717, 1.165) is 75.0 Å². The number of hydrogen-bond donors (Lipinski definition) is 0. The first-order valence-electron chi connectivity index (χ1n) is 19.1. The van der Waals surface area contributed by atoms with Crippen LogP contribution in [0.3, 0.4) is 0 Å². The zero-order valence-corrected chi connectivity index (χ0v) is 31.3. The van der Waals surface area contributed by atoms with E-state index >= 15 is 4.39 Å². The van der Waals surface area contributed by atoms with Gasteiger partial charge in [-0.2, -0.15) is 9.13 Å². The standard InChI is InChI=1S/C48H46FN3O/c1-28(2)23-36-25-34(14-19-42(36)49)35-20-22-51-31(6)24-44-38(41-26-33(29(3)4)13-17-37(41)43-9-7-8-21-52(43)44)16-11-32-12-18-39-40-15-10-30(5)50-48(40)53-47(39)46(32)45(51)27-35/h7-10,12-15,17-22,25-29,38,44H,6,11,16,23-24H2,1-5H3/q+2. The van der Waals surface area contributed by atoms with E-state index in [4.69, 9.17) is 16.0 Å². The third-order valence-corrected chi connectivity index (χ3v) is 11.6. The van der Waals surface area contributed by atoms with E-state index in [0.29, 0.717) is 24.0 Å². The van der Waals surface area contributed by atoms with E-state index in [1.807, 2.05) is 19.1 Å². The quantitative estimate of drug-likeness (QED) is 0.171. The van der Waals surface area contributed by atoms with Crippen LogP contribution < -0.4 is 9.13 Å². The molecule has 0 radical (unpaired) electrons. The van der Waals surface area contributed by atoms with Gasteiger partial charge in [0.05, 0.1) is 12.0 Å². The van der Waals surface area contributed by atoms with Crippen molar-refractivity contribution in [2.24, 2.45) is 5.92 Å². The topological polar surface area (TPSA) is 33.8 Å². The summed E-state index contributed by atoms with van der Waals surface area (Å²) >= 11 is 0. The molecule has 4 aromatic heterocycles. The van der Waals surface area contributed by atoms with E-state index in [-0.39, 0.29) is 17.8 Å². The number of hydrogen-bond acceptors (Lipinski definition) is 2. The first-order valence-corrected chi connectivity index (χ1v) is 19.1. The van der Waals surface area contributed by atoms with Crippen LogP contribution >= 0.6 is 0 Å². The van der Waals surface area contributed by atoms with Crippen molar-refractivity contribution >= 4 is 27.8 Å². The van der Waals surface area contributed by atoms with Crippen molar-refractivity contribution in [2.75, 3.05) is 0 Å². The molecule has 3 aromatic carbocycles. The number of allylic oxidation sites excluding steroid dienone is 1. The smallest absolute Gasteiger partial charge is 0.227 e. The molecule has 5 heteroatoms. The fourth-order valence-electron chi connectivity index (χ4n) is 8.94. The largest absolute Gasteiger partial charge is 0.437 e. The molecule has 2 aliphatic heterocycles. The number of halogens is 1. The Morgan fingerprint density at radius 2 is 1.70 bits per heavy atom. The zero-order chi connectivity index (χ0) is 36.5. The van der Waals surface area contributed by atoms with Gasteiger partial charge in [-0.25, -0.2) is 9.37 Å². The molecule has 0 spiro atoms. The predicted molar refractivity (Wildman–Crippen MR) is 212 cm³/mol. The third kappa shape index (κ3) is 5.69. The molecule has 9 rings (SSSR count). The van der Waals surface area contributed by atoms with Gasteiger partial charge in [0.15, 0.2) is 29.7 Å². The molecule has 0 fully saturated rings. The average molecular weight is 700 g/mol. The maximum atomic E-state index is 15.0. The minimum Gasteiger partial charge on any atom is -0.437 e. The molecule has 0 N–H and O–H groups in total. The zero-order valence-electron chi connectivity index (χ0n) is 31.3. The molecule has 7 aromatic rings. The molecule has 0 bridgehead atoms. The highest BCUT2D eigenvalue weighted by atomic mass is 19.1. The van der Waals surface area contributed by atoms with Crippen LogP contribution in [-0.2, 0) is 12.8 Å². The Labute approximate surface area is 311 Å². The second-order valence-electron chi connectivity index (χ2n) is 15.9. The van der Waals surface area contributed by atoms with Gasteiger partial charge >= 0.3 is 0 Å². The van der Waals surface area contributed by atoms with Crippen molar-refractivity contribution in [3.63, 3.8) is 0 Å². The van der Waals surface area contributed by atoms with E-state index in [1.165, 1.54) is 27.9 Å². The summed E-state index contributed by atoms with van der Waals surface area (Å²) in [5.74, 6) is 0.923. The molecular formula is C48H46FN3O+2. The minimum absolute atomic E-state index is 0.150. The second kappa shape index (κ2) is 12.9. The van der Waals surface area contributed by atoms with Gasteiger partial charge in [0.25, 0.3) is 0 Å². The molecule has 6 heterocycles. The summed E-state index contributed by atoms with van der Waals surface area (Å²) in [4.78, 5) is 4.81. The van der Waals surface area contributed by atoms with E-state index in [9.17, 15) is 0 Å². The van der Waals surface area contributed by atoms with Crippen LogP contribution in [0.15, 0.2) is 114 Å². The van der Waals surface area contributed by atoms with Gasteiger partial charge < -0.3 is 4.42 Å². The first-order chi connectivity index (χ1) is 25.6. The number of pyridine rings is 3. The van der Waals surface area contributed by atoms with Crippen LogP contribution in [0, 0.1) is 18.7 Å². The molecule has 0 saturated carbocycles. The summed E-state index contributed by atoms with van der Waals surface area (Å²) in [6.45, 7) is 15.6. The van der Waals surface area contributed by atoms with E-state index in [2.05, 4.69) is 122 Å². The minimum atomic E-state index is -0.150. The second-order valence-corrected chi connectivity index (χ2v) is 15.9. The van der Waals surface area contributed by atoms with Gasteiger partial charge in [-0.05, 0) is 114 Å². The van der Waals surface area contributed by atoms with Crippen LogP contribution in [-0.4, -0.2) is 4.98 Å². The Morgan fingerprint density at radius 3 is 2.53 bits per heavy atom. The van der Waals surface area contributed by atoms with Gasteiger partial charge in [0, 0.05) is 52.2 Å². The number of aromatic nitrogens is 3. The van der Waals surface area contributed by atoms with Crippen LogP contribution in [0.25, 0.3) is 61.4 Å². The lowest BCUT2D eigenvalue weighted by Gasteiger charge is -2.32. The number of rotatable bonds is 4. The lowest BCUT2D eigenvalue weighted by atomic mass is 9.76. The van der Waals surface area contributed by atoms with E-state index < -0.39 is 0 Å². The van der Waals surface area contributed by atoms with Gasteiger partial charge in [0.2, 0.25) is 17.1 Å². The summed E-state index contributed by atoms with van der Waals surface area (Å²) in [5.41, 5.74) is 14.9. The lowest BCUT2D eigenvalue weighted by molar-refractivity contribution is -0.720. The van der Waals surface area contributed by atoms with Gasteiger partial charge in [-0.1, -0.05) is 58.0 Å². The Morgan fingerprint density at radius 1 is 0.868 bits per heavy atom. The molecule has 2 unspecified atom stereocenters. The summed E-state index contributed by atoms with van der Waals surface area (Å²) in [6, 6.07) is 32.5. The Kier molecular flexibility index (Phi) is 8.14. The molecule has 2 aliphatic rings. The Bertz CT molecular complexity index is 2600. The normalized spacial score (nSPS) is 16.7. The Balaban J connectivity index is 1.28. The highest BCUT2D eigenvalue weighted by Gasteiger charge is 2.43. The fourth-order valence-corrected chi connectivity index (χ4v) is 8.94. The lowest BCUT2D eigenvalue weighted by Crippen LogP contribution is -2.49. The van der Waals surface area contributed by atoms with Crippen molar-refractivity contribution in [1.82, 2.24) is 4.98 Å². The van der Waals surface area contributed by atoms with Gasteiger partial charge in [-0.15, -0.1) is 0 Å². The highest BCUT2D eigenvalue weighted by molar-refractivity contribution is 6.09. The van der Waals surface area contributed by atoms with Crippen molar-refractivity contribution < 1.29 is 17.9 Å². The van der Waals surface area contributed by atoms with Crippen molar-refractivity contribution in [2.45, 2.75) is 78.2 Å². The summed E-state index contributed by atoms with van der Waals surface area (Å²) in [6.07, 6.45) is 7.72. The molecule has 2 atom stereocenters. The first kappa shape index (κ1) is 33.4. The summed E-state index contributed by atoms with van der Waals surface area (Å²) in [5, 5.41) is 2.07. The number of furan rings is 1. The maximum absolute atomic E-state index is 15.0. The van der Waals surface area contributed by atoms with Crippen LogP contribution in [0.1, 0.15) is 86.4 Å². The fraction of sp³-hybridized carbons (Fsp3) is 0.271. The SMILES string of the molecule is C=C1CC2C(CCc3ccc4c(oc5nc(C)ccc54)c3-c3cc(-c4ccc(F)c(CC(C)C)c4)cc[n+]31)c1cc(C(C)C)ccc1-c1cccc[n+]12. The summed E-state index contributed by atoms with van der Waals surface area (Å²) < 4.78 is 26.5. The number of fused-ring (bicyclic) bond motifs is 13. The van der Waals surface area contributed by atoms with Crippen LogP contribution in [0.2, 0.25) is 0 Å². The monoisotopic (exact) mass is 699 g/mol. The van der Waals surface area contributed by atoms with E-state index in [1.54, 1.807) is 6.07 Å². The number of benzene rings is 3. The third-order valence-electron chi connectivity index (χ3n) is 11.6. The molecule has 0 amide bonds. The number of aryl methyl sites for hydroxylation is 2. The van der Waals surface area contributed by atoms with Crippen molar-refractivity contribution in [3.8, 4) is 33.6 Å². The van der Waals surface area contributed by atoms with Crippen LogP contribution in [0.4, 0.5) is 4.39 Å². The van der Waals surface area contributed by atoms with Crippen molar-refractivity contribution in [3.05, 3.63) is 144 Å².